The molecule has 0 radical (unpaired) electrons. The monoisotopic (exact) mass is 276 g/mol. The molecule has 0 aliphatic heterocycles. The Hall–Kier alpha value is -0.790. The van der Waals surface area contributed by atoms with Crippen molar-refractivity contribution in [3.8, 4) is 0 Å². The summed E-state index contributed by atoms with van der Waals surface area (Å²) in [6, 6.07) is 0. The van der Waals surface area contributed by atoms with Crippen LogP contribution in [0.2, 0.25) is 0 Å². The third-order valence-corrected chi connectivity index (χ3v) is 5.91. The maximum absolute atomic E-state index is 11.9. The topological polar surface area (TPSA) is 26.3 Å². The molecule has 4 fully saturated rings. The van der Waals surface area contributed by atoms with Crippen LogP contribution >= 0.6 is 0 Å². The third-order valence-electron chi connectivity index (χ3n) is 5.91. The van der Waals surface area contributed by atoms with Gasteiger partial charge in [-0.2, -0.15) is 0 Å². The summed E-state index contributed by atoms with van der Waals surface area (Å²) in [6.07, 6.45) is 9.29. The molecule has 0 saturated heterocycles. The zero-order valence-electron chi connectivity index (χ0n) is 12.9. The van der Waals surface area contributed by atoms with Crippen LogP contribution in [-0.4, -0.2) is 12.1 Å². The van der Waals surface area contributed by atoms with Crippen molar-refractivity contribution in [2.24, 2.45) is 29.6 Å². The zero-order chi connectivity index (χ0) is 14.3. The molecule has 0 amide bonds. The molecule has 4 saturated carbocycles. The minimum atomic E-state index is -0.183. The Morgan fingerprint density at radius 2 is 1.70 bits per heavy atom. The first-order valence-electron chi connectivity index (χ1n) is 8.45. The molecule has 0 aromatic heterocycles. The summed E-state index contributed by atoms with van der Waals surface area (Å²) in [4.78, 5) is 11.9. The number of carbonyl (C=O) groups excluding carboxylic acids is 1. The number of esters is 1. The van der Waals surface area contributed by atoms with E-state index in [4.69, 9.17) is 4.74 Å². The van der Waals surface area contributed by atoms with Gasteiger partial charge in [0.2, 0.25) is 0 Å². The molecule has 0 aromatic rings. The maximum atomic E-state index is 11.9. The lowest BCUT2D eigenvalue weighted by Crippen LogP contribution is -2.50. The minimum absolute atomic E-state index is 0.138. The van der Waals surface area contributed by atoms with E-state index in [1.165, 1.54) is 32.1 Å². The number of ether oxygens (including phenoxy) is 1. The van der Waals surface area contributed by atoms with Crippen molar-refractivity contribution < 1.29 is 9.53 Å². The van der Waals surface area contributed by atoms with E-state index >= 15 is 0 Å². The summed E-state index contributed by atoms with van der Waals surface area (Å²) in [7, 11) is 0. The Morgan fingerprint density at radius 1 is 1.15 bits per heavy atom. The van der Waals surface area contributed by atoms with Gasteiger partial charge in [0.1, 0.15) is 6.10 Å². The van der Waals surface area contributed by atoms with Crippen molar-refractivity contribution in [3.05, 3.63) is 12.2 Å². The molecule has 4 aliphatic carbocycles. The van der Waals surface area contributed by atoms with Crippen LogP contribution in [0, 0.1) is 29.6 Å². The lowest BCUT2D eigenvalue weighted by molar-refractivity contribution is -0.158. The molecule has 2 heteroatoms. The van der Waals surface area contributed by atoms with Crippen molar-refractivity contribution in [3.63, 3.8) is 0 Å². The number of carbonyl (C=O) groups is 1. The van der Waals surface area contributed by atoms with Crippen LogP contribution in [0.1, 0.15) is 58.8 Å². The van der Waals surface area contributed by atoms with Crippen LogP contribution in [-0.2, 0) is 9.53 Å². The fourth-order valence-corrected chi connectivity index (χ4v) is 5.43. The van der Waals surface area contributed by atoms with Gasteiger partial charge in [0.25, 0.3) is 0 Å². The standard InChI is InChI=1S/C18H28O2/c1-4-5-16(20-18(19)11(2)3)17-14-7-12-6-13(9-14)10-15(17)8-12/h12-17H,2,4-10H2,1,3H3. The van der Waals surface area contributed by atoms with Crippen LogP contribution in [0.3, 0.4) is 0 Å². The van der Waals surface area contributed by atoms with Gasteiger partial charge in [0, 0.05) is 11.5 Å². The van der Waals surface area contributed by atoms with E-state index in [1.807, 2.05) is 0 Å². The summed E-state index contributed by atoms with van der Waals surface area (Å²) in [6.45, 7) is 7.67. The van der Waals surface area contributed by atoms with E-state index in [-0.39, 0.29) is 12.1 Å². The maximum Gasteiger partial charge on any atom is 0.333 e. The van der Waals surface area contributed by atoms with Crippen LogP contribution in [0.5, 0.6) is 0 Å². The Kier molecular flexibility index (Phi) is 3.92. The normalized spacial score (nSPS) is 39.6. The van der Waals surface area contributed by atoms with Gasteiger partial charge in [-0.1, -0.05) is 19.9 Å². The molecule has 0 spiro atoms. The van der Waals surface area contributed by atoms with Crippen molar-refractivity contribution in [2.75, 3.05) is 0 Å². The van der Waals surface area contributed by atoms with Crippen LogP contribution in [0.15, 0.2) is 12.2 Å². The van der Waals surface area contributed by atoms with Gasteiger partial charge in [-0.15, -0.1) is 0 Å². The molecule has 2 nitrogen and oxygen atoms in total. The second kappa shape index (κ2) is 5.54. The van der Waals surface area contributed by atoms with E-state index in [1.54, 1.807) is 6.92 Å². The molecular weight excluding hydrogens is 248 g/mol. The highest BCUT2D eigenvalue weighted by Gasteiger charge is 2.51. The zero-order valence-corrected chi connectivity index (χ0v) is 12.9. The molecule has 0 heterocycles. The fraction of sp³-hybridized carbons (Fsp3) is 0.833. The summed E-state index contributed by atoms with van der Waals surface area (Å²) < 4.78 is 5.84. The van der Waals surface area contributed by atoms with E-state index < -0.39 is 0 Å². The van der Waals surface area contributed by atoms with Crippen LogP contribution < -0.4 is 0 Å². The van der Waals surface area contributed by atoms with Crippen molar-refractivity contribution in [2.45, 2.75) is 64.9 Å². The second-order valence-corrected chi connectivity index (χ2v) is 7.52. The smallest absolute Gasteiger partial charge is 0.333 e. The van der Waals surface area contributed by atoms with Gasteiger partial charge in [0.05, 0.1) is 0 Å². The van der Waals surface area contributed by atoms with Gasteiger partial charge in [0.15, 0.2) is 0 Å². The van der Waals surface area contributed by atoms with E-state index in [0.717, 1.165) is 36.5 Å². The van der Waals surface area contributed by atoms with E-state index in [9.17, 15) is 4.79 Å². The van der Waals surface area contributed by atoms with Gasteiger partial charge in [-0.25, -0.2) is 4.79 Å². The first-order valence-corrected chi connectivity index (χ1v) is 8.45. The second-order valence-electron chi connectivity index (χ2n) is 7.52. The molecule has 0 N–H and O–H groups in total. The minimum Gasteiger partial charge on any atom is -0.459 e. The van der Waals surface area contributed by atoms with Crippen LogP contribution in [0.4, 0.5) is 0 Å². The molecule has 4 rings (SSSR count). The number of hydrogen-bond donors (Lipinski definition) is 0. The molecule has 112 valence electrons. The Balaban J connectivity index is 1.74. The third kappa shape index (κ3) is 2.54. The Labute approximate surface area is 123 Å². The van der Waals surface area contributed by atoms with Gasteiger partial charge >= 0.3 is 5.97 Å². The van der Waals surface area contributed by atoms with Crippen molar-refractivity contribution >= 4 is 5.97 Å². The number of rotatable bonds is 5. The first kappa shape index (κ1) is 14.2. The fourth-order valence-electron chi connectivity index (χ4n) is 5.43. The lowest BCUT2D eigenvalue weighted by atomic mass is 9.50. The van der Waals surface area contributed by atoms with Crippen molar-refractivity contribution in [1.82, 2.24) is 0 Å². The molecule has 4 bridgehead atoms. The molecule has 0 aromatic carbocycles. The highest BCUT2D eigenvalue weighted by Crippen LogP contribution is 2.58. The molecule has 4 aliphatic rings. The highest BCUT2D eigenvalue weighted by molar-refractivity contribution is 5.87. The van der Waals surface area contributed by atoms with Crippen LogP contribution in [0.25, 0.3) is 0 Å². The summed E-state index contributed by atoms with van der Waals surface area (Å²) in [5.74, 6) is 4.05. The van der Waals surface area contributed by atoms with Gasteiger partial charge < -0.3 is 4.74 Å². The van der Waals surface area contributed by atoms with Gasteiger partial charge in [-0.3, -0.25) is 0 Å². The summed E-state index contributed by atoms with van der Waals surface area (Å²) in [5.41, 5.74) is 0.537. The first-order chi connectivity index (χ1) is 9.58. The quantitative estimate of drug-likeness (QED) is 0.551. The molecule has 20 heavy (non-hydrogen) atoms. The molecule has 1 unspecified atom stereocenters. The van der Waals surface area contributed by atoms with E-state index in [2.05, 4.69) is 13.5 Å². The molecular formula is C18H28O2. The number of hydrogen-bond acceptors (Lipinski definition) is 2. The predicted molar refractivity (Wildman–Crippen MR) is 80.1 cm³/mol. The average Bonchev–Trinajstić information content (AvgIpc) is 2.37. The van der Waals surface area contributed by atoms with Crippen molar-refractivity contribution in [1.29, 1.82) is 0 Å². The van der Waals surface area contributed by atoms with Gasteiger partial charge in [-0.05, 0) is 69.1 Å². The SMILES string of the molecule is C=C(C)C(=O)OC(CCC)C1C2CC3CC(C2)CC1C3. The van der Waals surface area contributed by atoms with E-state index in [0.29, 0.717) is 11.5 Å². The molecule has 1 atom stereocenters. The highest BCUT2D eigenvalue weighted by atomic mass is 16.5. The summed E-state index contributed by atoms with van der Waals surface area (Å²) in [5, 5.41) is 0. The lowest BCUT2D eigenvalue weighted by Gasteiger charge is -2.56. The average molecular weight is 276 g/mol. The largest absolute Gasteiger partial charge is 0.459 e. The Bertz CT molecular complexity index is 370. The Morgan fingerprint density at radius 3 is 2.15 bits per heavy atom. The summed E-state index contributed by atoms with van der Waals surface area (Å²) >= 11 is 0. The predicted octanol–water partition coefficient (Wildman–Crippen LogP) is 4.35.